The van der Waals surface area contributed by atoms with E-state index >= 15 is 0 Å². The fraction of sp³-hybridized carbons (Fsp3) is 0.727. The molecule has 1 rings (SSSR count). The highest BCUT2D eigenvalue weighted by Crippen LogP contribution is 2.60. The van der Waals surface area contributed by atoms with Crippen LogP contribution in [-0.4, -0.2) is 12.6 Å². The molecule has 2 nitrogen and oxygen atoms in total. The van der Waals surface area contributed by atoms with Crippen molar-refractivity contribution in [2.75, 3.05) is 6.61 Å². The van der Waals surface area contributed by atoms with Gasteiger partial charge in [-0.1, -0.05) is 31.5 Å². The molecule has 1 fully saturated rings. The molecule has 0 aliphatic heterocycles. The van der Waals surface area contributed by atoms with Crippen LogP contribution in [0.5, 0.6) is 0 Å². The van der Waals surface area contributed by atoms with E-state index < -0.39 is 0 Å². The van der Waals surface area contributed by atoms with Crippen molar-refractivity contribution in [3.8, 4) is 0 Å². The predicted molar refractivity (Wildman–Crippen MR) is 64.9 cm³/mol. The van der Waals surface area contributed by atoms with E-state index in [1.165, 1.54) is 0 Å². The van der Waals surface area contributed by atoms with Crippen molar-refractivity contribution in [1.82, 2.24) is 0 Å². The lowest BCUT2D eigenvalue weighted by atomic mass is 10.1. The Morgan fingerprint density at radius 2 is 2.27 bits per heavy atom. The predicted octanol–water partition coefficient (Wildman–Crippen LogP) is 3.69. The van der Waals surface area contributed by atoms with Crippen LogP contribution < -0.4 is 0 Å². The van der Waals surface area contributed by atoms with Crippen LogP contribution in [0, 0.1) is 17.3 Å². The maximum atomic E-state index is 11.8. The molecule has 0 heterocycles. The Morgan fingerprint density at radius 3 is 2.73 bits per heavy atom. The lowest BCUT2D eigenvalue weighted by Gasteiger charge is -2.09. The molecule has 0 spiro atoms. The monoisotopic (exact) mass is 294 g/mol. The van der Waals surface area contributed by atoms with Crippen LogP contribution in [-0.2, 0) is 9.53 Å². The molecule has 0 aromatic carbocycles. The van der Waals surface area contributed by atoms with Crippen LogP contribution in [0.25, 0.3) is 0 Å². The molecule has 0 amide bonds. The first-order valence-corrected chi connectivity index (χ1v) is 6.31. The van der Waals surface area contributed by atoms with Gasteiger partial charge in [-0.2, -0.15) is 0 Å². The molecule has 1 saturated carbocycles. The average Bonchev–Trinajstić information content (AvgIpc) is 2.68. The summed E-state index contributed by atoms with van der Waals surface area (Å²) in [6.07, 6.45) is 2.73. The minimum absolute atomic E-state index is 0.108. The van der Waals surface area contributed by atoms with Crippen LogP contribution in [0.4, 0.5) is 0 Å². The van der Waals surface area contributed by atoms with Gasteiger partial charge >= 0.3 is 5.97 Å². The Kier molecular flexibility index (Phi) is 4.24. The minimum atomic E-state index is -0.386. The molecule has 1 aliphatic carbocycles. The molecular formula is C11H16BrClO2. The van der Waals surface area contributed by atoms with Crippen molar-refractivity contribution < 1.29 is 9.53 Å². The normalized spacial score (nSPS) is 35.1. The number of allylic oxidation sites excluding steroid dienone is 1. The standard InChI is InChI=1S/C11H16BrClO2/c1-4-5-15-10(14)11(3)7(2)8(11)6-9(12)13/h6-8H,4-5H2,1-3H3. The van der Waals surface area contributed by atoms with Crippen LogP contribution in [0.1, 0.15) is 27.2 Å². The van der Waals surface area contributed by atoms with Gasteiger partial charge in [-0.3, -0.25) is 4.79 Å². The smallest absolute Gasteiger partial charge is 0.312 e. The van der Waals surface area contributed by atoms with E-state index in [-0.39, 0.29) is 17.3 Å². The molecule has 0 aromatic heterocycles. The minimum Gasteiger partial charge on any atom is -0.465 e. The molecule has 0 N–H and O–H groups in total. The summed E-state index contributed by atoms with van der Waals surface area (Å²) in [6.45, 7) is 6.46. The van der Waals surface area contributed by atoms with Gasteiger partial charge in [-0.25, -0.2) is 0 Å². The summed E-state index contributed by atoms with van der Waals surface area (Å²) in [6, 6.07) is 0. The van der Waals surface area contributed by atoms with E-state index in [1.54, 1.807) is 0 Å². The third kappa shape index (κ3) is 2.56. The van der Waals surface area contributed by atoms with Gasteiger partial charge in [-0.15, -0.1) is 0 Å². The first-order chi connectivity index (χ1) is 6.94. The van der Waals surface area contributed by atoms with Crippen LogP contribution in [0.3, 0.4) is 0 Å². The lowest BCUT2D eigenvalue weighted by molar-refractivity contribution is -0.150. The topological polar surface area (TPSA) is 26.3 Å². The second-order valence-electron chi connectivity index (χ2n) is 4.19. The molecule has 86 valence electrons. The molecule has 3 atom stereocenters. The van der Waals surface area contributed by atoms with Crippen LogP contribution >= 0.6 is 27.5 Å². The second kappa shape index (κ2) is 4.88. The van der Waals surface area contributed by atoms with Gasteiger partial charge in [0, 0.05) is 0 Å². The van der Waals surface area contributed by atoms with Gasteiger partial charge in [0.05, 0.1) is 16.0 Å². The van der Waals surface area contributed by atoms with E-state index in [4.69, 9.17) is 16.3 Å². The van der Waals surface area contributed by atoms with Crippen LogP contribution in [0.2, 0.25) is 0 Å². The molecule has 3 unspecified atom stereocenters. The zero-order chi connectivity index (χ0) is 11.6. The van der Waals surface area contributed by atoms with Crippen molar-refractivity contribution in [1.29, 1.82) is 0 Å². The molecule has 4 heteroatoms. The highest BCUT2D eigenvalue weighted by atomic mass is 79.9. The SMILES string of the molecule is CCCOC(=O)C1(C)C(C)C1C=C(Cl)Br. The summed E-state index contributed by atoms with van der Waals surface area (Å²) in [7, 11) is 0. The van der Waals surface area contributed by atoms with Gasteiger partial charge in [0.1, 0.15) is 0 Å². The van der Waals surface area contributed by atoms with Gasteiger partial charge in [0.2, 0.25) is 0 Å². The number of hydrogen-bond donors (Lipinski definition) is 0. The number of halogens is 2. The van der Waals surface area contributed by atoms with E-state index in [9.17, 15) is 4.79 Å². The fourth-order valence-corrected chi connectivity index (χ4v) is 2.31. The first kappa shape index (κ1) is 13.0. The van der Waals surface area contributed by atoms with E-state index in [0.29, 0.717) is 16.5 Å². The highest BCUT2D eigenvalue weighted by molar-refractivity contribution is 9.12. The molecule has 0 aromatic rings. The summed E-state index contributed by atoms with van der Waals surface area (Å²) < 4.78 is 5.74. The van der Waals surface area contributed by atoms with Crippen molar-refractivity contribution in [2.24, 2.45) is 17.3 Å². The first-order valence-electron chi connectivity index (χ1n) is 5.14. The zero-order valence-corrected chi connectivity index (χ0v) is 11.6. The average molecular weight is 296 g/mol. The Bertz CT molecular complexity index is 286. The number of rotatable bonds is 4. The van der Waals surface area contributed by atoms with Gasteiger partial charge in [0.15, 0.2) is 0 Å². The third-order valence-corrected chi connectivity index (χ3v) is 3.64. The molecular weight excluding hydrogens is 279 g/mol. The quantitative estimate of drug-likeness (QED) is 0.740. The summed E-state index contributed by atoms with van der Waals surface area (Å²) in [5, 5.41) is 0. The van der Waals surface area contributed by atoms with Crippen molar-refractivity contribution in [3.05, 3.63) is 10.0 Å². The second-order valence-corrected chi connectivity index (χ2v) is 5.91. The zero-order valence-electron chi connectivity index (χ0n) is 9.22. The highest BCUT2D eigenvalue weighted by Gasteiger charge is 2.63. The fourth-order valence-electron chi connectivity index (χ4n) is 1.89. The number of carbonyl (C=O) groups is 1. The molecule has 0 radical (unpaired) electrons. The Balaban J connectivity index is 2.62. The van der Waals surface area contributed by atoms with Crippen molar-refractivity contribution >= 4 is 33.5 Å². The summed E-state index contributed by atoms with van der Waals surface area (Å²) >= 11 is 8.91. The maximum absolute atomic E-state index is 11.8. The Labute approximate surface area is 104 Å². The van der Waals surface area contributed by atoms with E-state index in [0.717, 1.165) is 6.42 Å². The Hall–Kier alpha value is -0.0200. The third-order valence-electron chi connectivity index (χ3n) is 3.25. The number of esters is 1. The number of hydrogen-bond acceptors (Lipinski definition) is 2. The molecule has 0 bridgehead atoms. The van der Waals surface area contributed by atoms with Crippen molar-refractivity contribution in [2.45, 2.75) is 27.2 Å². The number of carbonyl (C=O) groups excluding carboxylic acids is 1. The van der Waals surface area contributed by atoms with Crippen molar-refractivity contribution in [3.63, 3.8) is 0 Å². The van der Waals surface area contributed by atoms with E-state index in [2.05, 4.69) is 15.9 Å². The van der Waals surface area contributed by atoms with Crippen LogP contribution in [0.15, 0.2) is 10.0 Å². The van der Waals surface area contributed by atoms with Gasteiger partial charge in [-0.05, 0) is 41.1 Å². The molecule has 1 aliphatic rings. The maximum Gasteiger partial charge on any atom is 0.312 e. The number of ether oxygens (including phenoxy) is 1. The Morgan fingerprint density at radius 1 is 1.67 bits per heavy atom. The molecule has 15 heavy (non-hydrogen) atoms. The van der Waals surface area contributed by atoms with E-state index in [1.807, 2.05) is 26.8 Å². The summed E-state index contributed by atoms with van der Waals surface area (Å²) in [5.74, 6) is 0.380. The largest absolute Gasteiger partial charge is 0.465 e. The molecule has 0 saturated heterocycles. The summed E-state index contributed by atoms with van der Waals surface area (Å²) in [5.41, 5.74) is -0.386. The van der Waals surface area contributed by atoms with Gasteiger partial charge < -0.3 is 4.74 Å². The lowest BCUT2D eigenvalue weighted by Crippen LogP contribution is -2.19. The summed E-state index contributed by atoms with van der Waals surface area (Å²) in [4.78, 5) is 11.8. The van der Waals surface area contributed by atoms with Gasteiger partial charge in [0.25, 0.3) is 0 Å².